The molecule has 0 spiro atoms. The molecule has 27 heavy (non-hydrogen) atoms. The molecule has 0 amide bonds. The van der Waals surface area contributed by atoms with E-state index in [1.807, 2.05) is 0 Å². The van der Waals surface area contributed by atoms with E-state index >= 15 is 0 Å². The molecular formula is C20H26O7. The smallest absolute Gasteiger partial charge is 0.334 e. The topological polar surface area (TPSA) is 102 Å². The molecule has 2 N–H and O–H groups in total. The first-order valence-corrected chi connectivity index (χ1v) is 9.04. The lowest BCUT2D eigenvalue weighted by Crippen LogP contribution is -2.44. The van der Waals surface area contributed by atoms with Gasteiger partial charge in [-0.25, -0.2) is 9.59 Å². The van der Waals surface area contributed by atoms with Gasteiger partial charge in [0.2, 0.25) is 0 Å². The maximum Gasteiger partial charge on any atom is 0.334 e. The van der Waals surface area contributed by atoms with Gasteiger partial charge in [0.25, 0.3) is 0 Å². The van der Waals surface area contributed by atoms with Gasteiger partial charge < -0.3 is 24.4 Å². The van der Waals surface area contributed by atoms with Crippen molar-refractivity contribution in [3.05, 3.63) is 35.5 Å². The third-order valence-electron chi connectivity index (χ3n) is 5.89. The number of aliphatic hydroxyl groups is 2. The third-order valence-corrected chi connectivity index (χ3v) is 5.89. The summed E-state index contributed by atoms with van der Waals surface area (Å²) in [6.07, 6.45) is 0.753. The predicted octanol–water partition coefficient (Wildman–Crippen LogP) is 1.54. The Morgan fingerprint density at radius 2 is 2.11 bits per heavy atom. The zero-order valence-corrected chi connectivity index (χ0v) is 16.0. The molecule has 3 aliphatic heterocycles. The number of fused-ring (bicyclic) bond motifs is 3. The van der Waals surface area contributed by atoms with Gasteiger partial charge in [-0.1, -0.05) is 12.7 Å². The lowest BCUT2D eigenvalue weighted by molar-refractivity contribution is -0.208. The van der Waals surface area contributed by atoms with Crippen molar-refractivity contribution >= 4 is 11.9 Å². The van der Waals surface area contributed by atoms with Crippen molar-refractivity contribution in [3.8, 4) is 0 Å². The Bertz CT molecular complexity index is 751. The molecule has 0 aromatic carbocycles. The van der Waals surface area contributed by atoms with Crippen LogP contribution in [0, 0.1) is 5.92 Å². The Hall–Kier alpha value is -1.96. The van der Waals surface area contributed by atoms with Gasteiger partial charge in [0.1, 0.15) is 12.2 Å². The van der Waals surface area contributed by atoms with Gasteiger partial charge in [0.05, 0.1) is 17.6 Å². The van der Waals surface area contributed by atoms with Gasteiger partial charge >= 0.3 is 11.9 Å². The number of hydrogen-bond donors (Lipinski definition) is 2. The molecule has 0 aromatic heterocycles. The van der Waals surface area contributed by atoms with Crippen molar-refractivity contribution < 1.29 is 34.0 Å². The highest BCUT2D eigenvalue weighted by Crippen LogP contribution is 2.48. The number of rotatable bonds is 2. The summed E-state index contributed by atoms with van der Waals surface area (Å²) in [5.41, 5.74) is -0.120. The minimum absolute atomic E-state index is 0.0212. The van der Waals surface area contributed by atoms with Crippen molar-refractivity contribution in [2.75, 3.05) is 0 Å². The Morgan fingerprint density at radius 3 is 2.74 bits per heavy atom. The van der Waals surface area contributed by atoms with Crippen LogP contribution in [-0.4, -0.2) is 51.9 Å². The summed E-state index contributed by atoms with van der Waals surface area (Å²) < 4.78 is 17.0. The second kappa shape index (κ2) is 6.58. The molecule has 7 heteroatoms. The highest BCUT2D eigenvalue weighted by atomic mass is 16.7. The number of allylic oxidation sites excluding steroid dienone is 1. The second-order valence-electron chi connectivity index (χ2n) is 7.81. The molecule has 148 valence electrons. The maximum atomic E-state index is 12.4. The monoisotopic (exact) mass is 378 g/mol. The van der Waals surface area contributed by atoms with Crippen molar-refractivity contribution in [1.29, 1.82) is 0 Å². The highest BCUT2D eigenvalue weighted by Gasteiger charge is 2.58. The number of hydrogen-bond acceptors (Lipinski definition) is 7. The normalized spacial score (nSPS) is 43.8. The molecule has 0 unspecified atom stereocenters. The summed E-state index contributed by atoms with van der Waals surface area (Å²) in [5, 5.41) is 21.4. The molecule has 7 nitrogen and oxygen atoms in total. The molecule has 2 bridgehead atoms. The highest BCUT2D eigenvalue weighted by molar-refractivity contribution is 5.92. The number of aliphatic hydroxyl groups excluding tert-OH is 1. The molecule has 0 aromatic rings. The fraction of sp³-hybridized carbons (Fsp3) is 0.600. The Balaban J connectivity index is 2.07. The van der Waals surface area contributed by atoms with Crippen LogP contribution in [0.25, 0.3) is 0 Å². The summed E-state index contributed by atoms with van der Waals surface area (Å²) in [6.45, 7) is 10.5. The van der Waals surface area contributed by atoms with Crippen LogP contribution >= 0.6 is 0 Å². The van der Waals surface area contributed by atoms with Gasteiger partial charge in [-0.15, -0.1) is 0 Å². The Labute approximate surface area is 158 Å². The van der Waals surface area contributed by atoms with Crippen LogP contribution in [0.1, 0.15) is 40.5 Å². The molecule has 3 aliphatic rings. The van der Waals surface area contributed by atoms with Crippen molar-refractivity contribution in [2.45, 2.75) is 70.2 Å². The van der Waals surface area contributed by atoms with E-state index in [0.717, 1.165) is 0 Å². The van der Waals surface area contributed by atoms with E-state index in [1.165, 1.54) is 0 Å². The largest absolute Gasteiger partial charge is 0.458 e. The summed E-state index contributed by atoms with van der Waals surface area (Å²) in [4.78, 5) is 24.5. The van der Waals surface area contributed by atoms with Gasteiger partial charge in [-0.3, -0.25) is 0 Å². The van der Waals surface area contributed by atoms with Gasteiger partial charge in [-0.05, 0) is 39.3 Å². The van der Waals surface area contributed by atoms with E-state index < -0.39 is 47.6 Å². The van der Waals surface area contributed by atoms with Crippen LogP contribution in [0.3, 0.4) is 0 Å². The van der Waals surface area contributed by atoms with Crippen molar-refractivity contribution in [1.82, 2.24) is 0 Å². The average molecular weight is 378 g/mol. The number of esters is 2. The van der Waals surface area contributed by atoms with Crippen LogP contribution in [0.4, 0.5) is 0 Å². The standard InChI is InChI=1S/C20H26O7/c1-6-10(2)17(22)26-14-8-19(5)15(21)9-20(24,27-19)11(3)7-13-16(14)12(4)18(23)25-13/h6-7,13-16,21,24H,4,8-9H2,1-3,5H3/b10-6-,11-7-/t13-,14-,15-,16+,19-,20-/m1/s1. The van der Waals surface area contributed by atoms with Crippen LogP contribution in [0.15, 0.2) is 35.5 Å². The van der Waals surface area contributed by atoms with Crippen LogP contribution < -0.4 is 0 Å². The van der Waals surface area contributed by atoms with Gasteiger partial charge in [0, 0.05) is 24.0 Å². The first-order valence-electron chi connectivity index (χ1n) is 9.04. The second-order valence-corrected chi connectivity index (χ2v) is 7.81. The fourth-order valence-electron chi connectivity index (χ4n) is 3.94. The molecular weight excluding hydrogens is 352 g/mol. The van der Waals surface area contributed by atoms with Crippen molar-refractivity contribution in [2.24, 2.45) is 5.92 Å². The number of carbonyl (C=O) groups is 2. The van der Waals surface area contributed by atoms with E-state index in [-0.39, 0.29) is 18.4 Å². The van der Waals surface area contributed by atoms with E-state index in [4.69, 9.17) is 14.2 Å². The molecule has 2 fully saturated rings. The summed E-state index contributed by atoms with van der Waals surface area (Å²) in [7, 11) is 0. The Kier molecular flexibility index (Phi) is 4.82. The molecule has 0 aliphatic carbocycles. The Morgan fingerprint density at radius 1 is 1.44 bits per heavy atom. The maximum absolute atomic E-state index is 12.4. The fourth-order valence-corrected chi connectivity index (χ4v) is 3.94. The van der Waals surface area contributed by atoms with E-state index in [0.29, 0.717) is 11.1 Å². The molecule has 2 saturated heterocycles. The molecule has 6 atom stereocenters. The molecule has 0 radical (unpaired) electrons. The minimum Gasteiger partial charge on any atom is -0.458 e. The molecule has 3 rings (SSSR count). The average Bonchev–Trinajstić information content (AvgIpc) is 2.99. The summed E-state index contributed by atoms with van der Waals surface area (Å²) in [6, 6.07) is 0. The lowest BCUT2D eigenvalue weighted by Gasteiger charge is -2.34. The number of ether oxygens (including phenoxy) is 3. The van der Waals surface area contributed by atoms with Gasteiger partial charge in [-0.2, -0.15) is 0 Å². The van der Waals surface area contributed by atoms with Gasteiger partial charge in [0.15, 0.2) is 5.79 Å². The third kappa shape index (κ3) is 3.24. The van der Waals surface area contributed by atoms with Crippen molar-refractivity contribution in [3.63, 3.8) is 0 Å². The summed E-state index contributed by atoms with van der Waals surface area (Å²) >= 11 is 0. The zero-order chi connectivity index (χ0) is 20.1. The van der Waals surface area contributed by atoms with E-state index in [1.54, 1.807) is 39.8 Å². The first-order chi connectivity index (χ1) is 12.5. The SMILES string of the molecule is C=C1C(=O)O[C@@H]2/C=C(/C)[C@@]3(O)C[C@@H](O)[C@@](C)(C[C@@H](OC(=O)/C(C)=C\C)[C@@H]12)O3. The zero-order valence-electron chi connectivity index (χ0n) is 16.0. The quantitative estimate of drug-likeness (QED) is 0.427. The molecule has 0 saturated carbocycles. The lowest BCUT2D eigenvalue weighted by atomic mass is 9.80. The van der Waals surface area contributed by atoms with E-state index in [2.05, 4.69) is 6.58 Å². The van der Waals surface area contributed by atoms with Crippen LogP contribution in [0.2, 0.25) is 0 Å². The molecule has 3 heterocycles. The first kappa shape index (κ1) is 19.8. The number of carbonyl (C=O) groups excluding carboxylic acids is 2. The van der Waals surface area contributed by atoms with E-state index in [9.17, 15) is 19.8 Å². The van der Waals surface area contributed by atoms with Crippen LogP contribution in [0.5, 0.6) is 0 Å². The minimum atomic E-state index is -1.67. The van der Waals surface area contributed by atoms with Crippen LogP contribution in [-0.2, 0) is 23.8 Å². The summed E-state index contributed by atoms with van der Waals surface area (Å²) in [5.74, 6) is -3.39. The predicted molar refractivity (Wildman–Crippen MR) is 95.3 cm³/mol.